The Morgan fingerprint density at radius 1 is 1.08 bits per heavy atom. The molecule has 0 saturated carbocycles. The number of unbranched alkanes of at least 4 members (excludes halogenated alkanes) is 5. The van der Waals surface area contributed by atoms with Crippen LogP contribution >= 0.6 is 0 Å². The van der Waals surface area contributed by atoms with Crippen molar-refractivity contribution < 1.29 is 18.3 Å². The average Bonchev–Trinajstić information content (AvgIpc) is 2.56. The zero-order chi connectivity index (χ0) is 19.7. The van der Waals surface area contributed by atoms with E-state index in [0.29, 0.717) is 0 Å². The van der Waals surface area contributed by atoms with E-state index in [-0.39, 0.29) is 13.0 Å². The lowest BCUT2D eigenvalue weighted by atomic mass is 10.00. The predicted molar refractivity (Wildman–Crippen MR) is 109 cm³/mol. The van der Waals surface area contributed by atoms with Gasteiger partial charge in [0.1, 0.15) is 0 Å². The molecule has 2 atom stereocenters. The van der Waals surface area contributed by atoms with Gasteiger partial charge in [-0.05, 0) is 18.4 Å². The van der Waals surface area contributed by atoms with Gasteiger partial charge in [0.15, 0.2) is 6.10 Å². The van der Waals surface area contributed by atoms with Gasteiger partial charge in [0.2, 0.25) is 0 Å². The van der Waals surface area contributed by atoms with Gasteiger partial charge in [-0.25, -0.2) is 0 Å². The molecule has 0 aliphatic rings. The molecule has 0 aliphatic carbocycles. The van der Waals surface area contributed by atoms with E-state index < -0.39 is 12.3 Å². The van der Waals surface area contributed by atoms with Crippen molar-refractivity contribution in [2.75, 3.05) is 0 Å². The SMILES string of the molecule is C.C=C/C=C(\C=C/C)C(O)C(F)(F)F.CCCCCCCCC(C)CC. The fraction of sp³-hybridized carbons (Fsp3) is 0.727. The first kappa shape index (κ1) is 29.7. The number of aliphatic hydroxyl groups is 1. The van der Waals surface area contributed by atoms with E-state index in [4.69, 9.17) is 5.11 Å². The molecule has 2 unspecified atom stereocenters. The van der Waals surface area contributed by atoms with Crippen LogP contribution in [0.1, 0.15) is 86.5 Å². The van der Waals surface area contributed by atoms with Crippen molar-refractivity contribution in [1.82, 2.24) is 0 Å². The Morgan fingerprint density at radius 3 is 2.04 bits per heavy atom. The molecule has 0 heterocycles. The van der Waals surface area contributed by atoms with E-state index in [1.54, 1.807) is 6.92 Å². The number of rotatable bonds is 11. The highest BCUT2D eigenvalue weighted by Gasteiger charge is 2.39. The van der Waals surface area contributed by atoms with Crippen molar-refractivity contribution in [3.63, 3.8) is 0 Å². The normalized spacial score (nSPS) is 14.2. The molecular formula is C22H41F3O. The fourth-order valence-electron chi connectivity index (χ4n) is 2.23. The molecule has 0 radical (unpaired) electrons. The van der Waals surface area contributed by atoms with Crippen LogP contribution in [0.3, 0.4) is 0 Å². The Balaban J connectivity index is -0.000000393. The smallest absolute Gasteiger partial charge is 0.379 e. The minimum atomic E-state index is -4.63. The summed E-state index contributed by atoms with van der Waals surface area (Å²) < 4.78 is 36.0. The molecule has 4 heteroatoms. The van der Waals surface area contributed by atoms with E-state index in [1.165, 1.54) is 69.6 Å². The molecule has 0 bridgehead atoms. The van der Waals surface area contributed by atoms with Crippen LogP contribution in [0.2, 0.25) is 0 Å². The predicted octanol–water partition coefficient (Wildman–Crippen LogP) is 8.02. The first-order valence-corrected chi connectivity index (χ1v) is 9.44. The minimum absolute atomic E-state index is 0. The molecule has 0 aromatic rings. The van der Waals surface area contributed by atoms with Crippen molar-refractivity contribution in [3.05, 3.63) is 36.5 Å². The zero-order valence-corrected chi connectivity index (χ0v) is 16.4. The number of hydrogen-bond donors (Lipinski definition) is 1. The second-order valence-corrected chi connectivity index (χ2v) is 6.42. The lowest BCUT2D eigenvalue weighted by molar-refractivity contribution is -0.190. The second kappa shape index (κ2) is 18.8. The van der Waals surface area contributed by atoms with Gasteiger partial charge >= 0.3 is 6.18 Å². The Kier molecular flexibility index (Phi) is 21.4. The van der Waals surface area contributed by atoms with Crippen LogP contribution in [0, 0.1) is 5.92 Å². The topological polar surface area (TPSA) is 20.2 Å². The molecule has 0 rings (SSSR count). The van der Waals surface area contributed by atoms with Crippen molar-refractivity contribution in [1.29, 1.82) is 0 Å². The molecule has 0 aromatic heterocycles. The molecule has 0 amide bonds. The molecule has 0 aliphatic heterocycles. The first-order chi connectivity index (χ1) is 11.7. The van der Waals surface area contributed by atoms with E-state index in [9.17, 15) is 13.2 Å². The van der Waals surface area contributed by atoms with Gasteiger partial charge in [0, 0.05) is 0 Å². The monoisotopic (exact) mass is 378 g/mol. The van der Waals surface area contributed by atoms with Gasteiger partial charge in [-0.1, -0.05) is 110 Å². The van der Waals surface area contributed by atoms with Crippen LogP contribution in [-0.4, -0.2) is 17.4 Å². The summed E-state index contributed by atoms with van der Waals surface area (Å²) in [6, 6.07) is 0. The molecule has 0 fully saturated rings. The number of allylic oxidation sites excluding steroid dienone is 3. The summed E-state index contributed by atoms with van der Waals surface area (Å²) in [4.78, 5) is 0. The fourth-order valence-corrected chi connectivity index (χ4v) is 2.23. The molecule has 1 N–H and O–H groups in total. The molecular weight excluding hydrogens is 337 g/mol. The summed E-state index contributed by atoms with van der Waals surface area (Å²) in [6.45, 7) is 11.8. The van der Waals surface area contributed by atoms with Crippen molar-refractivity contribution in [2.45, 2.75) is 98.8 Å². The van der Waals surface area contributed by atoms with Crippen LogP contribution in [-0.2, 0) is 0 Å². The highest BCUT2D eigenvalue weighted by atomic mass is 19.4. The maximum absolute atomic E-state index is 12.0. The molecule has 0 aromatic carbocycles. The molecule has 1 nitrogen and oxygen atoms in total. The molecule has 26 heavy (non-hydrogen) atoms. The summed E-state index contributed by atoms with van der Waals surface area (Å²) in [7, 11) is 0. The quantitative estimate of drug-likeness (QED) is 0.285. The Bertz CT molecular complexity index is 370. The largest absolute Gasteiger partial charge is 0.418 e. The van der Waals surface area contributed by atoms with Gasteiger partial charge in [0.05, 0.1) is 0 Å². The standard InChI is InChI=1S/C12H26.C9H11F3O.CH4/c1-4-6-7-8-9-10-11-12(3)5-2;1-3-5-7(6-4-2)8(13)9(10,11)12;/h12H,4-11H2,1-3H3;3-6,8,13H,1H2,2H3;1H4/b;6-4-,7-5+;. The highest BCUT2D eigenvalue weighted by Crippen LogP contribution is 2.25. The van der Waals surface area contributed by atoms with Gasteiger partial charge in [-0.15, -0.1) is 0 Å². The lowest BCUT2D eigenvalue weighted by Gasteiger charge is -2.15. The van der Waals surface area contributed by atoms with Gasteiger partial charge in [0.25, 0.3) is 0 Å². The van der Waals surface area contributed by atoms with Crippen molar-refractivity contribution in [2.24, 2.45) is 5.92 Å². The van der Waals surface area contributed by atoms with E-state index >= 15 is 0 Å². The third-order valence-electron chi connectivity index (χ3n) is 4.04. The molecule has 0 saturated heterocycles. The molecule has 0 spiro atoms. The van der Waals surface area contributed by atoms with Crippen molar-refractivity contribution in [3.8, 4) is 0 Å². The second-order valence-electron chi connectivity index (χ2n) is 6.42. The zero-order valence-electron chi connectivity index (χ0n) is 16.4. The van der Waals surface area contributed by atoms with Crippen LogP contribution in [0.15, 0.2) is 36.5 Å². The van der Waals surface area contributed by atoms with Crippen LogP contribution in [0.4, 0.5) is 13.2 Å². The molecule has 156 valence electrons. The summed E-state index contributed by atoms with van der Waals surface area (Å²) >= 11 is 0. The minimum Gasteiger partial charge on any atom is -0.379 e. The number of alkyl halides is 3. The Hall–Kier alpha value is -1.03. The average molecular weight is 379 g/mol. The highest BCUT2D eigenvalue weighted by molar-refractivity contribution is 5.27. The Labute approximate surface area is 160 Å². The van der Waals surface area contributed by atoms with E-state index in [2.05, 4.69) is 27.4 Å². The van der Waals surface area contributed by atoms with Crippen molar-refractivity contribution >= 4 is 0 Å². The van der Waals surface area contributed by atoms with Gasteiger partial charge < -0.3 is 5.11 Å². The van der Waals surface area contributed by atoms with Gasteiger partial charge in [-0.2, -0.15) is 13.2 Å². The lowest BCUT2D eigenvalue weighted by Crippen LogP contribution is -2.29. The maximum Gasteiger partial charge on any atom is 0.418 e. The van der Waals surface area contributed by atoms with Gasteiger partial charge in [-0.3, -0.25) is 0 Å². The summed E-state index contributed by atoms with van der Waals surface area (Å²) in [5.41, 5.74) is -0.218. The maximum atomic E-state index is 12.0. The third-order valence-corrected chi connectivity index (χ3v) is 4.04. The number of halogens is 3. The summed E-state index contributed by atoms with van der Waals surface area (Å²) in [5.74, 6) is 0.955. The van der Waals surface area contributed by atoms with E-state index in [0.717, 1.165) is 12.0 Å². The Morgan fingerprint density at radius 2 is 1.62 bits per heavy atom. The first-order valence-electron chi connectivity index (χ1n) is 9.44. The third kappa shape index (κ3) is 17.8. The number of hydrogen-bond acceptors (Lipinski definition) is 1. The van der Waals surface area contributed by atoms with E-state index in [1.807, 2.05) is 0 Å². The summed E-state index contributed by atoms with van der Waals surface area (Å²) in [5, 5.41) is 8.82. The van der Waals surface area contributed by atoms with Crippen LogP contribution < -0.4 is 0 Å². The number of aliphatic hydroxyl groups excluding tert-OH is 1. The van der Waals surface area contributed by atoms with Crippen LogP contribution in [0.25, 0.3) is 0 Å². The van der Waals surface area contributed by atoms with Crippen LogP contribution in [0.5, 0.6) is 0 Å². The summed E-state index contributed by atoms with van der Waals surface area (Å²) in [6.07, 6.45) is 9.30.